The molecule has 8 heteroatoms. The summed E-state index contributed by atoms with van der Waals surface area (Å²) in [6, 6.07) is 20.4. The number of rotatable bonds is 8. The first-order valence-electron chi connectivity index (χ1n) is 10.6. The Hall–Kier alpha value is -3.22. The quantitative estimate of drug-likeness (QED) is 0.365. The van der Waals surface area contributed by atoms with Gasteiger partial charge < -0.3 is 20.1 Å². The lowest BCUT2D eigenvalue weighted by Crippen LogP contribution is -2.43. The summed E-state index contributed by atoms with van der Waals surface area (Å²) in [4.78, 5) is 25.7. The van der Waals surface area contributed by atoms with Crippen LogP contribution < -0.4 is 20.1 Å². The summed E-state index contributed by atoms with van der Waals surface area (Å²) in [6.45, 7) is 6.66. The maximum absolute atomic E-state index is 12.8. The largest absolute Gasteiger partial charge is 0.478 e. The second-order valence-electron chi connectivity index (χ2n) is 8.62. The SMILES string of the molecule is CC(C)(Oc1ccc(Cl)cc1)C(=O)Nc1cccc(NC(=O)C(C)(C)Oc2ccc(Cl)cc2)c1. The molecule has 0 aliphatic rings. The molecule has 0 saturated carbocycles. The normalized spacial score (nSPS) is 11.5. The van der Waals surface area contributed by atoms with Gasteiger partial charge in [-0.25, -0.2) is 0 Å². The number of carbonyl (C=O) groups excluding carboxylic acids is 2. The van der Waals surface area contributed by atoms with Gasteiger partial charge in [0.15, 0.2) is 11.2 Å². The highest BCUT2D eigenvalue weighted by molar-refractivity contribution is 6.30. The Labute approximate surface area is 209 Å². The van der Waals surface area contributed by atoms with Gasteiger partial charge in [-0.05, 0) is 94.4 Å². The summed E-state index contributed by atoms with van der Waals surface area (Å²) in [5, 5.41) is 6.81. The van der Waals surface area contributed by atoms with Crippen LogP contribution in [0.25, 0.3) is 0 Å². The van der Waals surface area contributed by atoms with Crippen molar-refractivity contribution in [1.82, 2.24) is 0 Å². The maximum atomic E-state index is 12.8. The molecule has 0 aliphatic carbocycles. The van der Waals surface area contributed by atoms with E-state index in [4.69, 9.17) is 32.7 Å². The van der Waals surface area contributed by atoms with E-state index in [1.165, 1.54) is 0 Å². The fraction of sp³-hybridized carbons (Fsp3) is 0.231. The molecule has 0 saturated heterocycles. The lowest BCUT2D eigenvalue weighted by molar-refractivity contribution is -0.129. The molecule has 0 aromatic heterocycles. The third-order valence-corrected chi connectivity index (χ3v) is 5.35. The number of ether oxygens (including phenoxy) is 2. The molecular formula is C26H26Cl2N2O4. The molecule has 6 nitrogen and oxygen atoms in total. The summed E-state index contributed by atoms with van der Waals surface area (Å²) in [5.41, 5.74) is -1.29. The van der Waals surface area contributed by atoms with E-state index in [0.29, 0.717) is 32.9 Å². The molecule has 2 N–H and O–H groups in total. The molecule has 178 valence electrons. The summed E-state index contributed by atoms with van der Waals surface area (Å²) >= 11 is 11.8. The summed E-state index contributed by atoms with van der Waals surface area (Å²) in [5.74, 6) is 0.344. The smallest absolute Gasteiger partial charge is 0.267 e. The van der Waals surface area contributed by atoms with E-state index in [9.17, 15) is 9.59 Å². The van der Waals surface area contributed by atoms with Crippen molar-refractivity contribution < 1.29 is 19.1 Å². The molecule has 0 fully saturated rings. The topological polar surface area (TPSA) is 76.7 Å². The van der Waals surface area contributed by atoms with Crippen molar-refractivity contribution in [2.45, 2.75) is 38.9 Å². The zero-order valence-corrected chi connectivity index (χ0v) is 20.8. The van der Waals surface area contributed by atoms with Crippen molar-refractivity contribution in [1.29, 1.82) is 0 Å². The Morgan fingerprint density at radius 1 is 0.647 bits per heavy atom. The van der Waals surface area contributed by atoms with Crippen LogP contribution in [0.15, 0.2) is 72.8 Å². The van der Waals surface area contributed by atoms with Crippen LogP contribution in [0.1, 0.15) is 27.7 Å². The van der Waals surface area contributed by atoms with Gasteiger partial charge in [0.1, 0.15) is 11.5 Å². The van der Waals surface area contributed by atoms with Crippen LogP contribution in [0.4, 0.5) is 11.4 Å². The third-order valence-electron chi connectivity index (χ3n) is 4.85. The highest BCUT2D eigenvalue weighted by Gasteiger charge is 2.31. The van der Waals surface area contributed by atoms with Crippen LogP contribution in [0, 0.1) is 0 Å². The van der Waals surface area contributed by atoms with Gasteiger partial charge >= 0.3 is 0 Å². The number of hydrogen-bond donors (Lipinski definition) is 2. The van der Waals surface area contributed by atoms with Gasteiger partial charge in [-0.2, -0.15) is 0 Å². The van der Waals surface area contributed by atoms with E-state index in [1.807, 2.05) is 0 Å². The molecule has 0 atom stereocenters. The van der Waals surface area contributed by atoms with Crippen LogP contribution in [-0.2, 0) is 9.59 Å². The second kappa shape index (κ2) is 10.4. The van der Waals surface area contributed by atoms with Crippen LogP contribution in [0.2, 0.25) is 10.0 Å². The van der Waals surface area contributed by atoms with E-state index in [1.54, 1.807) is 100 Å². The number of nitrogens with one attached hydrogen (secondary N) is 2. The number of anilines is 2. The van der Waals surface area contributed by atoms with Gasteiger partial charge in [-0.1, -0.05) is 29.3 Å². The Morgan fingerprint density at radius 2 is 1.00 bits per heavy atom. The van der Waals surface area contributed by atoms with Crippen molar-refractivity contribution in [2.24, 2.45) is 0 Å². The third kappa shape index (κ3) is 6.89. The molecule has 0 heterocycles. The Morgan fingerprint density at radius 3 is 1.35 bits per heavy atom. The molecule has 0 spiro atoms. The average Bonchev–Trinajstić information content (AvgIpc) is 2.77. The molecule has 3 rings (SSSR count). The van der Waals surface area contributed by atoms with Gasteiger partial charge in [-0.3, -0.25) is 9.59 Å². The monoisotopic (exact) mass is 500 g/mol. The highest BCUT2D eigenvalue weighted by atomic mass is 35.5. The molecule has 0 radical (unpaired) electrons. The first kappa shape index (κ1) is 25.4. The minimum atomic E-state index is -1.15. The number of halogens is 2. The second-order valence-corrected chi connectivity index (χ2v) is 9.49. The van der Waals surface area contributed by atoms with E-state index < -0.39 is 11.2 Å². The lowest BCUT2D eigenvalue weighted by atomic mass is 10.1. The van der Waals surface area contributed by atoms with E-state index in [-0.39, 0.29) is 11.8 Å². The van der Waals surface area contributed by atoms with Crippen LogP contribution in [0.5, 0.6) is 11.5 Å². The lowest BCUT2D eigenvalue weighted by Gasteiger charge is -2.26. The summed E-state index contributed by atoms with van der Waals surface area (Å²) in [6.07, 6.45) is 0. The van der Waals surface area contributed by atoms with E-state index in [2.05, 4.69) is 10.6 Å². The maximum Gasteiger partial charge on any atom is 0.267 e. The predicted molar refractivity (Wildman–Crippen MR) is 136 cm³/mol. The van der Waals surface area contributed by atoms with Gasteiger partial charge in [-0.15, -0.1) is 0 Å². The summed E-state index contributed by atoms with van der Waals surface area (Å²) < 4.78 is 11.7. The molecular weight excluding hydrogens is 475 g/mol. The minimum Gasteiger partial charge on any atom is -0.478 e. The van der Waals surface area contributed by atoms with E-state index >= 15 is 0 Å². The minimum absolute atomic E-state index is 0.350. The van der Waals surface area contributed by atoms with Crippen molar-refractivity contribution in [3.05, 3.63) is 82.8 Å². The van der Waals surface area contributed by atoms with Crippen molar-refractivity contribution in [3.63, 3.8) is 0 Å². The molecule has 34 heavy (non-hydrogen) atoms. The first-order chi connectivity index (χ1) is 15.9. The molecule has 0 aliphatic heterocycles. The van der Waals surface area contributed by atoms with Crippen molar-refractivity contribution in [2.75, 3.05) is 10.6 Å². The van der Waals surface area contributed by atoms with Gasteiger partial charge in [0.2, 0.25) is 0 Å². The standard InChI is InChI=1S/C26H26Cl2N2O4/c1-25(2,33-21-12-8-17(27)9-13-21)23(31)29-19-6-5-7-20(16-19)30-24(32)26(3,4)34-22-14-10-18(28)11-15-22/h5-16H,1-4H3,(H,29,31)(H,30,32). The van der Waals surface area contributed by atoms with Crippen molar-refractivity contribution in [3.8, 4) is 11.5 Å². The first-order valence-corrected chi connectivity index (χ1v) is 11.3. The predicted octanol–water partition coefficient (Wildman–Crippen LogP) is 6.59. The fourth-order valence-corrected chi connectivity index (χ4v) is 3.18. The van der Waals surface area contributed by atoms with Gasteiger partial charge in [0, 0.05) is 21.4 Å². The number of carbonyl (C=O) groups is 2. The molecule has 0 unspecified atom stereocenters. The van der Waals surface area contributed by atoms with Gasteiger partial charge in [0.05, 0.1) is 0 Å². The van der Waals surface area contributed by atoms with Crippen molar-refractivity contribution >= 4 is 46.4 Å². The summed E-state index contributed by atoms with van der Waals surface area (Å²) in [7, 11) is 0. The van der Waals surface area contributed by atoms with Gasteiger partial charge in [0.25, 0.3) is 11.8 Å². The van der Waals surface area contributed by atoms with Crippen LogP contribution >= 0.6 is 23.2 Å². The van der Waals surface area contributed by atoms with Crippen LogP contribution in [0.3, 0.4) is 0 Å². The Kier molecular flexibility index (Phi) is 7.75. The van der Waals surface area contributed by atoms with E-state index in [0.717, 1.165) is 0 Å². The fourth-order valence-electron chi connectivity index (χ4n) is 2.93. The number of hydrogen-bond acceptors (Lipinski definition) is 4. The van der Waals surface area contributed by atoms with Crippen LogP contribution in [-0.4, -0.2) is 23.0 Å². The molecule has 3 aromatic carbocycles. The molecule has 2 amide bonds. The highest BCUT2D eigenvalue weighted by Crippen LogP contribution is 2.25. The zero-order chi connectivity index (χ0) is 24.9. The number of benzene rings is 3. The number of amides is 2. The Bertz CT molecular complexity index is 1070. The molecule has 0 bridgehead atoms. The zero-order valence-electron chi connectivity index (χ0n) is 19.3. The average molecular weight is 501 g/mol. The molecule has 3 aromatic rings. The Balaban J connectivity index is 1.64.